The SMILES string of the molecule is NC(=O)C1CCN(C(=O)CCc2c(-c3ccccc3)[nH]c3ccc(F)cc23)CC1. The van der Waals surface area contributed by atoms with Crippen LogP contribution in [0.1, 0.15) is 24.8 Å². The monoisotopic (exact) mass is 393 g/mol. The van der Waals surface area contributed by atoms with E-state index in [-0.39, 0.29) is 23.5 Å². The van der Waals surface area contributed by atoms with Crippen LogP contribution < -0.4 is 5.73 Å². The molecule has 1 aromatic heterocycles. The molecule has 2 aromatic carbocycles. The topological polar surface area (TPSA) is 79.2 Å². The molecule has 0 atom stereocenters. The Bertz CT molecular complexity index is 1040. The highest BCUT2D eigenvalue weighted by Crippen LogP contribution is 2.32. The second kappa shape index (κ2) is 8.07. The number of rotatable bonds is 5. The van der Waals surface area contributed by atoms with Crippen LogP contribution in [0.2, 0.25) is 0 Å². The highest BCUT2D eigenvalue weighted by molar-refractivity contribution is 5.91. The average molecular weight is 393 g/mol. The number of aromatic amines is 1. The van der Waals surface area contributed by atoms with E-state index in [1.54, 1.807) is 11.0 Å². The number of nitrogens with one attached hydrogen (secondary N) is 1. The molecule has 0 spiro atoms. The molecule has 2 heterocycles. The molecule has 1 aliphatic heterocycles. The van der Waals surface area contributed by atoms with Crippen molar-refractivity contribution < 1.29 is 14.0 Å². The van der Waals surface area contributed by atoms with Gasteiger partial charge >= 0.3 is 0 Å². The zero-order valence-electron chi connectivity index (χ0n) is 16.2. The van der Waals surface area contributed by atoms with E-state index in [0.717, 1.165) is 27.7 Å². The Kier molecular flexibility index (Phi) is 5.34. The number of piperidine rings is 1. The highest BCUT2D eigenvalue weighted by atomic mass is 19.1. The van der Waals surface area contributed by atoms with Gasteiger partial charge in [0.2, 0.25) is 11.8 Å². The number of nitrogens with zero attached hydrogens (tertiary/aromatic N) is 1. The number of likely N-dealkylation sites (tertiary alicyclic amines) is 1. The molecule has 1 fully saturated rings. The molecule has 0 aliphatic carbocycles. The summed E-state index contributed by atoms with van der Waals surface area (Å²) in [7, 11) is 0. The Morgan fingerprint density at radius 1 is 1.10 bits per heavy atom. The van der Waals surface area contributed by atoms with Gasteiger partial charge in [-0.1, -0.05) is 30.3 Å². The second-order valence-corrected chi connectivity index (χ2v) is 7.59. The fourth-order valence-electron chi connectivity index (χ4n) is 4.13. The molecule has 0 bridgehead atoms. The molecule has 0 saturated carbocycles. The van der Waals surface area contributed by atoms with Crippen LogP contribution in [0.3, 0.4) is 0 Å². The maximum absolute atomic E-state index is 13.9. The van der Waals surface area contributed by atoms with Gasteiger partial charge < -0.3 is 15.6 Å². The van der Waals surface area contributed by atoms with Gasteiger partial charge in [-0.25, -0.2) is 4.39 Å². The predicted octanol–water partition coefficient (Wildman–Crippen LogP) is 3.63. The molecule has 1 aliphatic rings. The van der Waals surface area contributed by atoms with Crippen LogP contribution in [-0.4, -0.2) is 34.8 Å². The van der Waals surface area contributed by atoms with E-state index in [1.165, 1.54) is 12.1 Å². The Morgan fingerprint density at radius 2 is 1.83 bits per heavy atom. The van der Waals surface area contributed by atoms with Gasteiger partial charge in [-0.3, -0.25) is 9.59 Å². The van der Waals surface area contributed by atoms with E-state index < -0.39 is 0 Å². The number of benzene rings is 2. The van der Waals surface area contributed by atoms with Crippen molar-refractivity contribution in [1.29, 1.82) is 0 Å². The molecule has 0 unspecified atom stereocenters. The molecule has 3 aromatic rings. The summed E-state index contributed by atoms with van der Waals surface area (Å²) in [5, 5.41) is 0.809. The third-order valence-electron chi connectivity index (χ3n) is 5.77. The van der Waals surface area contributed by atoms with Crippen molar-refractivity contribution in [3.8, 4) is 11.3 Å². The lowest BCUT2D eigenvalue weighted by atomic mass is 9.95. The number of H-pyrrole nitrogens is 1. The van der Waals surface area contributed by atoms with Crippen molar-refractivity contribution in [3.63, 3.8) is 0 Å². The number of aromatic nitrogens is 1. The standard InChI is InChI=1S/C23H24FN3O2/c24-17-6-8-20-19(14-17)18(22(26-20)15-4-2-1-3-5-15)7-9-21(28)27-12-10-16(11-13-27)23(25)29/h1-6,8,14,16,26H,7,9-13H2,(H2,25,29). The van der Waals surface area contributed by atoms with E-state index in [9.17, 15) is 14.0 Å². The Hall–Kier alpha value is -3.15. The highest BCUT2D eigenvalue weighted by Gasteiger charge is 2.26. The number of fused-ring (bicyclic) bond motifs is 1. The van der Waals surface area contributed by atoms with Gasteiger partial charge in [0.05, 0.1) is 0 Å². The summed E-state index contributed by atoms with van der Waals surface area (Å²) in [6.07, 6.45) is 2.09. The van der Waals surface area contributed by atoms with Crippen LogP contribution in [0.4, 0.5) is 4.39 Å². The van der Waals surface area contributed by atoms with E-state index in [2.05, 4.69) is 4.98 Å². The molecule has 29 heavy (non-hydrogen) atoms. The summed E-state index contributed by atoms with van der Waals surface area (Å²) in [6, 6.07) is 14.6. The third-order valence-corrected chi connectivity index (χ3v) is 5.77. The number of carbonyl (C=O) groups is 2. The number of carbonyl (C=O) groups excluding carboxylic acids is 2. The number of hydrogen-bond donors (Lipinski definition) is 2. The number of primary amides is 1. The molecule has 5 nitrogen and oxygen atoms in total. The van der Waals surface area contributed by atoms with E-state index in [1.807, 2.05) is 30.3 Å². The van der Waals surface area contributed by atoms with E-state index in [4.69, 9.17) is 5.73 Å². The van der Waals surface area contributed by atoms with Gasteiger partial charge in [0.15, 0.2) is 0 Å². The smallest absolute Gasteiger partial charge is 0.222 e. The number of aryl methyl sites for hydroxylation is 1. The van der Waals surface area contributed by atoms with Gasteiger partial charge in [-0.05, 0) is 48.6 Å². The van der Waals surface area contributed by atoms with Crippen LogP contribution in [0, 0.1) is 11.7 Å². The van der Waals surface area contributed by atoms with E-state index >= 15 is 0 Å². The van der Waals surface area contributed by atoms with Crippen molar-refractivity contribution in [2.24, 2.45) is 11.7 Å². The first kappa shape index (κ1) is 19.2. The summed E-state index contributed by atoms with van der Waals surface area (Å²) >= 11 is 0. The summed E-state index contributed by atoms with van der Waals surface area (Å²) in [4.78, 5) is 29.3. The van der Waals surface area contributed by atoms with Crippen molar-refractivity contribution in [1.82, 2.24) is 9.88 Å². The first-order valence-electron chi connectivity index (χ1n) is 9.95. The number of halogens is 1. The Labute approximate surface area is 168 Å². The summed E-state index contributed by atoms with van der Waals surface area (Å²) < 4.78 is 13.9. The van der Waals surface area contributed by atoms with E-state index in [0.29, 0.717) is 38.8 Å². The zero-order valence-corrected chi connectivity index (χ0v) is 16.2. The second-order valence-electron chi connectivity index (χ2n) is 7.59. The fourth-order valence-corrected chi connectivity index (χ4v) is 4.13. The van der Waals surface area contributed by atoms with Crippen LogP contribution in [-0.2, 0) is 16.0 Å². The maximum Gasteiger partial charge on any atom is 0.222 e. The van der Waals surface area contributed by atoms with Gasteiger partial charge in [0, 0.05) is 42.0 Å². The van der Waals surface area contributed by atoms with Crippen LogP contribution in [0.25, 0.3) is 22.2 Å². The molecule has 2 amide bonds. The van der Waals surface area contributed by atoms with Gasteiger partial charge in [-0.2, -0.15) is 0 Å². The number of nitrogens with two attached hydrogens (primary N) is 1. The lowest BCUT2D eigenvalue weighted by molar-refractivity contribution is -0.134. The molecular formula is C23H24FN3O2. The van der Waals surface area contributed by atoms with Crippen molar-refractivity contribution in [3.05, 3.63) is 59.9 Å². The molecule has 150 valence electrons. The Balaban J connectivity index is 1.55. The van der Waals surface area contributed by atoms with Crippen molar-refractivity contribution >= 4 is 22.7 Å². The summed E-state index contributed by atoms with van der Waals surface area (Å²) in [5.74, 6) is -0.666. The molecule has 1 saturated heterocycles. The summed E-state index contributed by atoms with van der Waals surface area (Å²) in [5.41, 5.74) is 9.11. The largest absolute Gasteiger partial charge is 0.369 e. The normalized spacial score (nSPS) is 15.0. The summed E-state index contributed by atoms with van der Waals surface area (Å²) in [6.45, 7) is 1.11. The minimum atomic E-state index is -0.294. The molecule has 4 rings (SSSR count). The van der Waals surface area contributed by atoms with Crippen LogP contribution in [0.15, 0.2) is 48.5 Å². The van der Waals surface area contributed by atoms with Gasteiger partial charge in [0.25, 0.3) is 0 Å². The fraction of sp³-hybridized carbons (Fsp3) is 0.304. The first-order chi connectivity index (χ1) is 14.0. The van der Waals surface area contributed by atoms with Gasteiger partial charge in [-0.15, -0.1) is 0 Å². The van der Waals surface area contributed by atoms with Crippen LogP contribution in [0.5, 0.6) is 0 Å². The minimum absolute atomic E-state index is 0.0534. The first-order valence-corrected chi connectivity index (χ1v) is 9.95. The number of amides is 2. The zero-order chi connectivity index (χ0) is 20.4. The molecule has 3 N–H and O–H groups in total. The quantitative estimate of drug-likeness (QED) is 0.694. The minimum Gasteiger partial charge on any atom is -0.369 e. The van der Waals surface area contributed by atoms with Crippen molar-refractivity contribution in [2.75, 3.05) is 13.1 Å². The lowest BCUT2D eigenvalue weighted by Crippen LogP contribution is -2.41. The molecular weight excluding hydrogens is 369 g/mol. The van der Waals surface area contributed by atoms with Crippen LogP contribution >= 0.6 is 0 Å². The van der Waals surface area contributed by atoms with Crippen molar-refractivity contribution in [2.45, 2.75) is 25.7 Å². The molecule has 6 heteroatoms. The lowest BCUT2D eigenvalue weighted by Gasteiger charge is -2.30. The average Bonchev–Trinajstić information content (AvgIpc) is 3.10. The Morgan fingerprint density at radius 3 is 2.52 bits per heavy atom. The number of hydrogen-bond acceptors (Lipinski definition) is 2. The molecule has 0 radical (unpaired) electrons. The maximum atomic E-state index is 13.9. The third kappa shape index (κ3) is 4.01. The predicted molar refractivity (Wildman–Crippen MR) is 111 cm³/mol. The van der Waals surface area contributed by atoms with Gasteiger partial charge in [0.1, 0.15) is 5.82 Å².